The molecule has 4 saturated carbocycles. The summed E-state index contributed by atoms with van der Waals surface area (Å²) < 4.78 is 19.1. The molecule has 7 rings (SSSR count). The maximum absolute atomic E-state index is 13.5. The molecule has 2 aromatic heterocycles. The molecule has 31 heavy (non-hydrogen) atoms. The van der Waals surface area contributed by atoms with Gasteiger partial charge in [-0.3, -0.25) is 0 Å². The Balaban J connectivity index is 1.49. The number of anilines is 1. The van der Waals surface area contributed by atoms with Crippen LogP contribution >= 0.6 is 0 Å². The summed E-state index contributed by atoms with van der Waals surface area (Å²) in [5.41, 5.74) is 1.94. The number of benzene rings is 1. The molecular weight excluding hydrogens is 395 g/mol. The first-order chi connectivity index (χ1) is 15.1. The molecule has 0 amide bonds. The molecule has 0 unspecified atom stereocenters. The summed E-state index contributed by atoms with van der Waals surface area (Å²) >= 11 is 0. The van der Waals surface area contributed by atoms with Crippen molar-refractivity contribution in [2.24, 2.45) is 17.8 Å². The zero-order valence-corrected chi connectivity index (χ0v) is 17.5. The molecule has 0 radical (unpaired) electrons. The number of rotatable bonds is 6. The zero-order chi connectivity index (χ0) is 21.0. The quantitative estimate of drug-likeness (QED) is 0.627. The third-order valence-corrected chi connectivity index (χ3v) is 7.74. The lowest BCUT2D eigenvalue weighted by atomic mass is 9.52. The fraction of sp³-hybridized carbons (Fsp3) is 0.542. The topological polar surface area (TPSA) is 75.3 Å². The highest BCUT2D eigenvalue weighted by Gasteiger charge is 2.54. The average molecular weight is 423 g/mol. The minimum absolute atomic E-state index is 0.0720. The normalized spacial score (nSPS) is 29.0. The van der Waals surface area contributed by atoms with Gasteiger partial charge in [0.1, 0.15) is 29.0 Å². The van der Waals surface area contributed by atoms with Crippen LogP contribution in [0.15, 0.2) is 35.1 Å². The van der Waals surface area contributed by atoms with Gasteiger partial charge < -0.3 is 14.5 Å². The smallest absolute Gasteiger partial charge is 0.263 e. The lowest BCUT2D eigenvalue weighted by Gasteiger charge is -2.61. The van der Waals surface area contributed by atoms with E-state index < -0.39 is 0 Å². The van der Waals surface area contributed by atoms with Gasteiger partial charge in [0, 0.05) is 24.3 Å². The van der Waals surface area contributed by atoms with Crippen LogP contribution in [-0.2, 0) is 0 Å². The van der Waals surface area contributed by atoms with E-state index in [1.807, 2.05) is 0 Å². The van der Waals surface area contributed by atoms with E-state index in [2.05, 4.69) is 15.0 Å². The first-order valence-corrected chi connectivity index (χ1v) is 11.4. The molecule has 3 aromatic rings. The first kappa shape index (κ1) is 19.2. The van der Waals surface area contributed by atoms with E-state index in [1.165, 1.54) is 50.7 Å². The van der Waals surface area contributed by atoms with E-state index in [0.717, 1.165) is 41.1 Å². The van der Waals surface area contributed by atoms with Gasteiger partial charge in [-0.15, -0.1) is 0 Å². The van der Waals surface area contributed by atoms with Gasteiger partial charge in [0.05, 0.1) is 0 Å². The molecule has 0 spiro atoms. The third-order valence-electron chi connectivity index (χ3n) is 7.74. The van der Waals surface area contributed by atoms with E-state index in [9.17, 15) is 9.50 Å². The number of hydrogen-bond donors (Lipinski definition) is 1. The summed E-state index contributed by atoms with van der Waals surface area (Å²) in [5, 5.41) is 14.7. The van der Waals surface area contributed by atoms with Crippen molar-refractivity contribution in [3.05, 3.63) is 36.4 Å². The number of nitrogens with zero attached hydrogens (tertiary/aromatic N) is 4. The minimum Gasteiger partial charge on any atom is -0.396 e. The Labute approximate surface area is 180 Å². The molecular formula is C24H27FN4O2. The van der Waals surface area contributed by atoms with Gasteiger partial charge in [-0.25, -0.2) is 9.37 Å². The van der Waals surface area contributed by atoms with E-state index >= 15 is 0 Å². The first-order valence-electron chi connectivity index (χ1n) is 11.4. The predicted octanol–water partition coefficient (Wildman–Crippen LogP) is 4.58. The highest BCUT2D eigenvalue weighted by atomic mass is 19.1. The SMILES string of the molecule is OCCCN(c1ncnc2onc(-c3ccc(F)cc3)c12)C12CC3CC(CC(C3)C1)C2. The summed E-state index contributed by atoms with van der Waals surface area (Å²) in [5.74, 6) is 2.92. The molecule has 0 atom stereocenters. The summed E-state index contributed by atoms with van der Waals surface area (Å²) in [6.45, 7) is 0.883. The zero-order valence-electron chi connectivity index (χ0n) is 17.5. The lowest BCUT2D eigenvalue weighted by Crippen LogP contribution is -2.60. The van der Waals surface area contributed by atoms with E-state index in [4.69, 9.17) is 9.51 Å². The molecule has 2 heterocycles. The second kappa shape index (κ2) is 7.26. The fourth-order valence-corrected chi connectivity index (χ4v) is 6.97. The van der Waals surface area contributed by atoms with Gasteiger partial charge in [0.15, 0.2) is 0 Å². The number of hydrogen-bond acceptors (Lipinski definition) is 6. The Bertz CT molecular complexity index is 1060. The van der Waals surface area contributed by atoms with Crippen molar-refractivity contribution in [1.29, 1.82) is 0 Å². The molecule has 162 valence electrons. The van der Waals surface area contributed by atoms with Gasteiger partial charge in [-0.2, -0.15) is 4.98 Å². The summed E-state index contributed by atoms with van der Waals surface area (Å²) in [6, 6.07) is 6.29. The third kappa shape index (κ3) is 3.13. The van der Waals surface area contributed by atoms with Crippen molar-refractivity contribution in [3.8, 4) is 11.3 Å². The predicted molar refractivity (Wildman–Crippen MR) is 115 cm³/mol. The van der Waals surface area contributed by atoms with Crippen LogP contribution in [0.3, 0.4) is 0 Å². The van der Waals surface area contributed by atoms with Crippen molar-refractivity contribution < 1.29 is 14.0 Å². The maximum Gasteiger partial charge on any atom is 0.263 e. The number of halogens is 1. The standard InChI is InChI=1S/C24H27FN4O2/c25-19-4-2-18(3-5-19)21-20-22(26-14-27-23(20)31-28-21)29(6-1-7-30)24-11-15-8-16(12-24)10-17(9-15)13-24/h2-5,14-17,30H,1,6-13H2. The van der Waals surface area contributed by atoms with Crippen LogP contribution in [-0.4, -0.2) is 38.9 Å². The highest BCUT2D eigenvalue weighted by molar-refractivity contribution is 5.98. The second-order valence-corrected chi connectivity index (χ2v) is 9.79. The molecule has 4 aliphatic carbocycles. The van der Waals surface area contributed by atoms with Gasteiger partial charge in [-0.05, 0) is 87.0 Å². The van der Waals surface area contributed by atoms with Crippen LogP contribution in [0, 0.1) is 23.6 Å². The van der Waals surface area contributed by atoms with E-state index in [1.54, 1.807) is 18.5 Å². The molecule has 0 aliphatic heterocycles. The highest BCUT2D eigenvalue weighted by Crippen LogP contribution is 2.58. The van der Waals surface area contributed by atoms with Crippen LogP contribution in [0.25, 0.3) is 22.4 Å². The van der Waals surface area contributed by atoms with Crippen molar-refractivity contribution >= 4 is 16.9 Å². The number of aromatic nitrogens is 3. The van der Waals surface area contributed by atoms with Gasteiger partial charge in [0.25, 0.3) is 5.71 Å². The summed E-state index contributed by atoms with van der Waals surface area (Å²) in [7, 11) is 0. The van der Waals surface area contributed by atoms with Crippen molar-refractivity contribution in [1.82, 2.24) is 15.1 Å². The molecule has 4 bridgehead atoms. The number of aliphatic hydroxyl groups is 1. The molecule has 6 nitrogen and oxygen atoms in total. The lowest BCUT2D eigenvalue weighted by molar-refractivity contribution is -0.00491. The van der Waals surface area contributed by atoms with Crippen molar-refractivity contribution in [3.63, 3.8) is 0 Å². The Morgan fingerprint density at radius 2 is 1.71 bits per heavy atom. The largest absolute Gasteiger partial charge is 0.396 e. The Kier molecular flexibility index (Phi) is 4.49. The monoisotopic (exact) mass is 422 g/mol. The van der Waals surface area contributed by atoms with Crippen LogP contribution in [0.2, 0.25) is 0 Å². The molecule has 1 N–H and O–H groups in total. The average Bonchev–Trinajstić information content (AvgIpc) is 3.18. The Morgan fingerprint density at radius 1 is 1.03 bits per heavy atom. The Morgan fingerprint density at radius 3 is 2.35 bits per heavy atom. The Hall–Kier alpha value is -2.54. The van der Waals surface area contributed by atoms with Gasteiger partial charge in [-0.1, -0.05) is 5.16 Å². The van der Waals surface area contributed by atoms with Crippen molar-refractivity contribution in [2.75, 3.05) is 18.1 Å². The van der Waals surface area contributed by atoms with Crippen LogP contribution < -0.4 is 4.90 Å². The summed E-state index contributed by atoms with van der Waals surface area (Å²) in [6.07, 6.45) is 9.88. The molecule has 4 aliphatic rings. The van der Waals surface area contributed by atoms with Crippen molar-refractivity contribution in [2.45, 2.75) is 50.5 Å². The number of fused-ring (bicyclic) bond motifs is 1. The second-order valence-electron chi connectivity index (χ2n) is 9.79. The van der Waals surface area contributed by atoms with E-state index in [-0.39, 0.29) is 18.0 Å². The maximum atomic E-state index is 13.5. The molecule has 4 fully saturated rings. The number of aliphatic hydroxyl groups excluding tert-OH is 1. The molecule has 7 heteroatoms. The van der Waals surface area contributed by atoms with Crippen LogP contribution in [0.5, 0.6) is 0 Å². The van der Waals surface area contributed by atoms with Crippen LogP contribution in [0.4, 0.5) is 10.2 Å². The fourth-order valence-electron chi connectivity index (χ4n) is 6.97. The van der Waals surface area contributed by atoms with Gasteiger partial charge in [0.2, 0.25) is 0 Å². The van der Waals surface area contributed by atoms with E-state index in [0.29, 0.717) is 17.8 Å². The minimum atomic E-state index is -0.286. The molecule has 0 saturated heterocycles. The van der Waals surface area contributed by atoms with Crippen LogP contribution in [0.1, 0.15) is 44.9 Å². The summed E-state index contributed by atoms with van der Waals surface area (Å²) in [4.78, 5) is 11.5. The van der Waals surface area contributed by atoms with Gasteiger partial charge >= 0.3 is 0 Å². The molecule has 1 aromatic carbocycles.